The van der Waals surface area contributed by atoms with Crippen LogP contribution in [0.1, 0.15) is 17.5 Å². The van der Waals surface area contributed by atoms with Gasteiger partial charge in [0.15, 0.2) is 0 Å². The number of nitrogens with one attached hydrogen (secondary N) is 2. The Hall–Kier alpha value is -3.09. The third kappa shape index (κ3) is 6.14. The van der Waals surface area contributed by atoms with Gasteiger partial charge < -0.3 is 10.6 Å². The summed E-state index contributed by atoms with van der Waals surface area (Å²) in [4.78, 5) is 27.2. The lowest BCUT2D eigenvalue weighted by molar-refractivity contribution is -0.121. The number of rotatable bonds is 7. The minimum atomic E-state index is -0.750. The minimum absolute atomic E-state index is 0.0960. The number of carbonyl (C=O) groups is 2. The Balaban J connectivity index is 1.71. The number of hydrogen-bond acceptors (Lipinski definition) is 3. The molecule has 130 valence electrons. The molecule has 0 unspecified atom stereocenters. The van der Waals surface area contributed by atoms with E-state index in [0.717, 1.165) is 29.8 Å². The molecule has 2 N–H and O–H groups in total. The van der Waals surface area contributed by atoms with Crippen molar-refractivity contribution in [2.75, 3.05) is 6.54 Å². The van der Waals surface area contributed by atoms with Crippen LogP contribution in [0.5, 0.6) is 0 Å². The number of pyridine rings is 1. The van der Waals surface area contributed by atoms with Gasteiger partial charge in [0, 0.05) is 43.5 Å². The standard InChI is InChI=1S/C18H17F2N3O2/c19-15-2-1-3-16(20)14(15)4-5-17(24)22-11-8-18(25)23-12-13-6-9-21-10-7-13/h1-7,9-10H,8,11-12H2,(H,22,24)(H,23,25)/b5-4-. The van der Waals surface area contributed by atoms with Crippen molar-refractivity contribution in [3.63, 3.8) is 0 Å². The molecule has 0 radical (unpaired) electrons. The Kier molecular flexibility index (Phi) is 6.76. The molecule has 1 aromatic heterocycles. The van der Waals surface area contributed by atoms with E-state index in [2.05, 4.69) is 15.6 Å². The molecule has 25 heavy (non-hydrogen) atoms. The molecule has 2 amide bonds. The van der Waals surface area contributed by atoms with Gasteiger partial charge in [0.05, 0.1) is 0 Å². The van der Waals surface area contributed by atoms with Gasteiger partial charge in [0.25, 0.3) is 0 Å². The first-order chi connectivity index (χ1) is 12.1. The summed E-state index contributed by atoms with van der Waals surface area (Å²) < 4.78 is 26.8. The summed E-state index contributed by atoms with van der Waals surface area (Å²) in [5, 5.41) is 5.19. The lowest BCUT2D eigenvalue weighted by Gasteiger charge is -2.05. The molecule has 0 bridgehead atoms. The molecule has 5 nitrogen and oxygen atoms in total. The molecule has 7 heteroatoms. The van der Waals surface area contributed by atoms with E-state index in [1.807, 2.05) is 0 Å². The zero-order valence-corrected chi connectivity index (χ0v) is 13.3. The predicted molar refractivity (Wildman–Crippen MR) is 89.1 cm³/mol. The SMILES string of the molecule is O=C(/C=C\c1c(F)cccc1F)NCCC(=O)NCc1ccncc1. The summed E-state index contributed by atoms with van der Waals surface area (Å²) in [6, 6.07) is 7.03. The van der Waals surface area contributed by atoms with E-state index in [1.54, 1.807) is 24.5 Å². The van der Waals surface area contributed by atoms with Crippen LogP contribution in [0.2, 0.25) is 0 Å². The smallest absolute Gasteiger partial charge is 0.244 e. The van der Waals surface area contributed by atoms with Crippen LogP contribution in [0.3, 0.4) is 0 Å². The van der Waals surface area contributed by atoms with Crippen LogP contribution in [0.4, 0.5) is 8.78 Å². The van der Waals surface area contributed by atoms with Gasteiger partial charge in [-0.15, -0.1) is 0 Å². The monoisotopic (exact) mass is 345 g/mol. The quantitative estimate of drug-likeness (QED) is 0.756. The van der Waals surface area contributed by atoms with E-state index in [4.69, 9.17) is 0 Å². The molecule has 2 aromatic rings. The zero-order chi connectivity index (χ0) is 18.1. The number of aromatic nitrogens is 1. The largest absolute Gasteiger partial charge is 0.352 e. The molecule has 0 fully saturated rings. The molecule has 2 rings (SSSR count). The van der Waals surface area contributed by atoms with Crippen molar-refractivity contribution in [1.29, 1.82) is 0 Å². The van der Waals surface area contributed by atoms with Crippen molar-refractivity contribution in [1.82, 2.24) is 15.6 Å². The van der Waals surface area contributed by atoms with Crippen LogP contribution in [-0.2, 0) is 16.1 Å². The lowest BCUT2D eigenvalue weighted by Crippen LogP contribution is -2.29. The summed E-state index contributed by atoms with van der Waals surface area (Å²) >= 11 is 0. The van der Waals surface area contributed by atoms with Crippen molar-refractivity contribution >= 4 is 17.9 Å². The van der Waals surface area contributed by atoms with Crippen LogP contribution in [0.25, 0.3) is 6.08 Å². The van der Waals surface area contributed by atoms with Crippen molar-refractivity contribution in [2.45, 2.75) is 13.0 Å². The maximum Gasteiger partial charge on any atom is 0.244 e. The van der Waals surface area contributed by atoms with Gasteiger partial charge in [-0.1, -0.05) is 6.07 Å². The Morgan fingerprint density at radius 3 is 2.40 bits per heavy atom. The number of nitrogens with zero attached hydrogens (tertiary/aromatic N) is 1. The maximum atomic E-state index is 13.4. The number of carbonyl (C=O) groups excluding carboxylic acids is 2. The summed E-state index contributed by atoms with van der Waals surface area (Å²) in [6.07, 6.45) is 5.44. The molecule has 0 atom stereocenters. The zero-order valence-electron chi connectivity index (χ0n) is 13.3. The molecule has 0 saturated carbocycles. The highest BCUT2D eigenvalue weighted by Crippen LogP contribution is 2.13. The van der Waals surface area contributed by atoms with E-state index in [0.29, 0.717) is 6.54 Å². The Bertz CT molecular complexity index is 744. The van der Waals surface area contributed by atoms with Gasteiger partial charge in [0.1, 0.15) is 11.6 Å². The van der Waals surface area contributed by atoms with Crippen LogP contribution in [0.15, 0.2) is 48.8 Å². The lowest BCUT2D eigenvalue weighted by atomic mass is 10.2. The Morgan fingerprint density at radius 2 is 1.72 bits per heavy atom. The summed E-state index contributed by atoms with van der Waals surface area (Å²) in [7, 11) is 0. The number of amides is 2. The van der Waals surface area contributed by atoms with Crippen molar-refractivity contribution in [3.05, 3.63) is 71.6 Å². The summed E-state index contributed by atoms with van der Waals surface area (Å²) in [5.41, 5.74) is 0.634. The van der Waals surface area contributed by atoms with Crippen LogP contribution in [0, 0.1) is 11.6 Å². The second kappa shape index (κ2) is 9.27. The van der Waals surface area contributed by atoms with Crippen LogP contribution >= 0.6 is 0 Å². The van der Waals surface area contributed by atoms with E-state index in [9.17, 15) is 18.4 Å². The van der Waals surface area contributed by atoms with Crippen LogP contribution in [-0.4, -0.2) is 23.3 Å². The summed E-state index contributed by atoms with van der Waals surface area (Å²) in [6.45, 7) is 0.493. The second-order valence-electron chi connectivity index (χ2n) is 5.14. The molecular formula is C18H17F2N3O2. The molecule has 1 heterocycles. The third-order valence-corrected chi connectivity index (χ3v) is 3.29. The first kappa shape index (κ1) is 18.3. The number of halogens is 2. The molecule has 1 aromatic carbocycles. The maximum absolute atomic E-state index is 13.4. The topological polar surface area (TPSA) is 71.1 Å². The molecule has 0 saturated heterocycles. The second-order valence-corrected chi connectivity index (χ2v) is 5.14. The van der Waals surface area contributed by atoms with Gasteiger partial charge >= 0.3 is 0 Å². The van der Waals surface area contributed by atoms with Crippen LogP contribution < -0.4 is 10.6 Å². The molecular weight excluding hydrogens is 328 g/mol. The summed E-state index contributed by atoms with van der Waals surface area (Å²) in [5.74, 6) is -2.26. The molecule has 0 aliphatic carbocycles. The third-order valence-electron chi connectivity index (χ3n) is 3.29. The van der Waals surface area contributed by atoms with E-state index >= 15 is 0 Å². The normalized spacial score (nSPS) is 10.6. The van der Waals surface area contributed by atoms with Gasteiger partial charge in [0.2, 0.25) is 11.8 Å². The average Bonchev–Trinajstić information content (AvgIpc) is 2.60. The fourth-order valence-corrected chi connectivity index (χ4v) is 1.98. The number of benzene rings is 1. The van der Waals surface area contributed by atoms with Gasteiger partial charge in [-0.05, 0) is 35.9 Å². The molecule has 0 aliphatic heterocycles. The Morgan fingerprint density at radius 1 is 1.04 bits per heavy atom. The fraction of sp³-hybridized carbons (Fsp3) is 0.167. The average molecular weight is 345 g/mol. The van der Waals surface area contributed by atoms with E-state index in [-0.39, 0.29) is 24.4 Å². The first-order valence-electron chi connectivity index (χ1n) is 7.62. The highest BCUT2D eigenvalue weighted by Gasteiger charge is 2.06. The van der Waals surface area contributed by atoms with Gasteiger partial charge in [-0.25, -0.2) is 8.78 Å². The van der Waals surface area contributed by atoms with Crippen molar-refractivity contribution < 1.29 is 18.4 Å². The van der Waals surface area contributed by atoms with Gasteiger partial charge in [-0.3, -0.25) is 14.6 Å². The van der Waals surface area contributed by atoms with Crippen molar-refractivity contribution in [3.8, 4) is 0 Å². The minimum Gasteiger partial charge on any atom is -0.352 e. The highest BCUT2D eigenvalue weighted by molar-refractivity contribution is 5.92. The molecule has 0 aliphatic rings. The first-order valence-corrected chi connectivity index (χ1v) is 7.62. The predicted octanol–water partition coefficient (Wildman–Crippen LogP) is 2.20. The highest BCUT2D eigenvalue weighted by atomic mass is 19.1. The fourth-order valence-electron chi connectivity index (χ4n) is 1.98. The van der Waals surface area contributed by atoms with E-state index in [1.165, 1.54) is 6.07 Å². The van der Waals surface area contributed by atoms with Gasteiger partial charge in [-0.2, -0.15) is 0 Å². The number of hydrogen-bond donors (Lipinski definition) is 2. The Labute approximate surface area is 143 Å². The van der Waals surface area contributed by atoms with Crippen molar-refractivity contribution in [2.24, 2.45) is 0 Å². The molecule has 0 spiro atoms. The van der Waals surface area contributed by atoms with E-state index < -0.39 is 17.5 Å².